The molecule has 0 amide bonds. The first kappa shape index (κ1) is 23.7. The Kier molecular flexibility index (Phi) is 14.2. The maximum atomic E-state index is 4.93. The number of rotatable bonds is 2. The van der Waals surface area contributed by atoms with Gasteiger partial charge in [0.15, 0.2) is 0 Å². The predicted octanol–water partition coefficient (Wildman–Crippen LogP) is 7.02. The molecule has 120 valence electrons. The Morgan fingerprint density at radius 1 is 0.700 bits per heavy atom. The van der Waals surface area contributed by atoms with Crippen LogP contribution in [-0.4, -0.2) is 0 Å². The Bertz CT molecular complexity index is 193. The van der Waals surface area contributed by atoms with E-state index in [1.165, 1.54) is 32.1 Å². The van der Waals surface area contributed by atoms with Crippen LogP contribution >= 0.6 is 17.0 Å². The molecule has 3 heteroatoms. The van der Waals surface area contributed by atoms with Crippen LogP contribution < -0.4 is 0 Å². The van der Waals surface area contributed by atoms with Gasteiger partial charge in [-0.3, -0.25) is 0 Å². The van der Waals surface area contributed by atoms with Crippen molar-refractivity contribution in [3.63, 3.8) is 0 Å². The third-order valence-corrected chi connectivity index (χ3v) is 5.62. The van der Waals surface area contributed by atoms with E-state index in [1.807, 2.05) is 0 Å². The van der Waals surface area contributed by atoms with E-state index < -0.39 is 20.8 Å². The average molecular weight is 401 g/mol. The molecule has 2 fully saturated rings. The van der Waals surface area contributed by atoms with Gasteiger partial charge >= 0.3 is 37.9 Å². The van der Waals surface area contributed by atoms with E-state index in [0.29, 0.717) is 0 Å². The van der Waals surface area contributed by atoms with Crippen LogP contribution in [0.1, 0.15) is 59.8 Å². The van der Waals surface area contributed by atoms with Gasteiger partial charge < -0.3 is 14.9 Å². The Balaban J connectivity index is 0. The summed E-state index contributed by atoms with van der Waals surface area (Å²) >= 11 is -0.826. The minimum absolute atomic E-state index is 0. The monoisotopic (exact) mass is 398 g/mol. The Morgan fingerprint density at radius 3 is 1.10 bits per heavy atom. The van der Waals surface area contributed by atoms with Gasteiger partial charge in [-0.05, 0) is 41.9 Å². The zero-order valence-corrected chi connectivity index (χ0v) is 18.2. The van der Waals surface area contributed by atoms with Gasteiger partial charge in [-0.25, -0.2) is 0 Å². The second-order valence-corrected chi connectivity index (χ2v) is 10.4. The van der Waals surface area contributed by atoms with Crippen molar-refractivity contribution in [2.45, 2.75) is 59.8 Å². The fraction of sp³-hybridized carbons (Fsp3) is 0.882. The van der Waals surface area contributed by atoms with E-state index in [2.05, 4.69) is 27.7 Å². The minimum atomic E-state index is -0.826. The fourth-order valence-corrected chi connectivity index (χ4v) is 4.27. The number of hydrogen-bond donors (Lipinski definition) is 0. The molecular formula is C17H34Cl2Zr. The molecule has 20 heavy (non-hydrogen) atoms. The van der Waals surface area contributed by atoms with Gasteiger partial charge in [0, 0.05) is 0 Å². The summed E-state index contributed by atoms with van der Waals surface area (Å²) in [5.74, 6) is 6.08. The fourth-order valence-electron chi connectivity index (χ4n) is 4.27. The second-order valence-electron chi connectivity index (χ2n) is 6.70. The normalized spacial score (nSPS) is 38.9. The van der Waals surface area contributed by atoms with Gasteiger partial charge in [0.25, 0.3) is 0 Å². The van der Waals surface area contributed by atoms with E-state index in [0.717, 1.165) is 35.5 Å². The Morgan fingerprint density at radius 2 is 0.900 bits per heavy atom. The average Bonchev–Trinajstić information content (AvgIpc) is 2.79. The van der Waals surface area contributed by atoms with Crippen molar-refractivity contribution in [3.8, 4) is 0 Å². The molecule has 0 radical (unpaired) electrons. The van der Waals surface area contributed by atoms with Crippen LogP contribution in [0, 0.1) is 50.4 Å². The van der Waals surface area contributed by atoms with E-state index >= 15 is 0 Å². The van der Waals surface area contributed by atoms with E-state index in [1.54, 1.807) is 0 Å². The molecule has 0 nitrogen and oxygen atoms in total. The Hall–Kier alpha value is 1.46. The van der Waals surface area contributed by atoms with Crippen molar-refractivity contribution in [2.75, 3.05) is 0 Å². The summed E-state index contributed by atoms with van der Waals surface area (Å²) in [6.07, 6.45) is 7.48. The molecular weight excluding hydrogens is 366 g/mol. The molecule has 0 aromatic heterocycles. The van der Waals surface area contributed by atoms with Gasteiger partial charge in [-0.15, -0.1) is 0 Å². The van der Waals surface area contributed by atoms with Crippen molar-refractivity contribution in [1.29, 1.82) is 0 Å². The Labute approximate surface area is 147 Å². The quantitative estimate of drug-likeness (QED) is 0.437. The molecule has 2 aliphatic rings. The summed E-state index contributed by atoms with van der Waals surface area (Å²) in [6, 6.07) is 0. The molecule has 4 atom stereocenters. The molecule has 0 aromatic carbocycles. The summed E-state index contributed by atoms with van der Waals surface area (Å²) in [7, 11) is 9.87. The van der Waals surface area contributed by atoms with Crippen LogP contribution in [0.25, 0.3) is 0 Å². The molecule has 2 saturated carbocycles. The third kappa shape index (κ3) is 6.70. The SMILES string of the molecule is CC1CCC(C)C1CC1C(C)CCC1C.[CH3-].[CH3-].[Cl][Zr+2][Cl]. The van der Waals surface area contributed by atoms with Gasteiger partial charge in [-0.2, -0.15) is 0 Å². The molecule has 0 aliphatic heterocycles. The van der Waals surface area contributed by atoms with E-state index in [9.17, 15) is 0 Å². The van der Waals surface area contributed by atoms with Crippen LogP contribution in [0.5, 0.6) is 0 Å². The second kappa shape index (κ2) is 12.0. The summed E-state index contributed by atoms with van der Waals surface area (Å²) in [5, 5.41) is 0. The van der Waals surface area contributed by atoms with Crippen LogP contribution in [-0.2, 0) is 20.8 Å². The van der Waals surface area contributed by atoms with Gasteiger partial charge in [0.1, 0.15) is 0 Å². The first-order chi connectivity index (χ1) is 8.51. The molecule has 4 unspecified atom stereocenters. The molecule has 0 saturated heterocycles. The molecule has 2 rings (SSSR count). The van der Waals surface area contributed by atoms with E-state index in [4.69, 9.17) is 17.0 Å². The van der Waals surface area contributed by atoms with Crippen molar-refractivity contribution in [1.82, 2.24) is 0 Å². The van der Waals surface area contributed by atoms with Crippen LogP contribution in [0.15, 0.2) is 0 Å². The molecule has 0 N–H and O–H groups in total. The molecule has 0 bridgehead atoms. The zero-order valence-electron chi connectivity index (χ0n) is 14.3. The van der Waals surface area contributed by atoms with E-state index in [-0.39, 0.29) is 14.9 Å². The first-order valence-electron chi connectivity index (χ1n) is 7.47. The van der Waals surface area contributed by atoms with Crippen molar-refractivity contribution in [3.05, 3.63) is 14.9 Å². The van der Waals surface area contributed by atoms with Crippen molar-refractivity contribution < 1.29 is 20.8 Å². The summed E-state index contributed by atoms with van der Waals surface area (Å²) in [5.41, 5.74) is 0. The standard InChI is InChI=1S/C15H28.2CH3.2ClH.Zr/c1-10-5-6-11(2)14(10)9-15-12(3)7-8-13(15)4;;;;;/h10-15H,5-9H2,1-4H3;2*1H3;2*1H;/q;2*-1;;;+4/p-2. The molecule has 2 aliphatic carbocycles. The third-order valence-electron chi connectivity index (χ3n) is 5.62. The van der Waals surface area contributed by atoms with Crippen LogP contribution in [0.4, 0.5) is 0 Å². The van der Waals surface area contributed by atoms with Crippen LogP contribution in [0.2, 0.25) is 0 Å². The summed E-state index contributed by atoms with van der Waals surface area (Å²) in [6.45, 7) is 9.94. The molecule has 0 aromatic rings. The topological polar surface area (TPSA) is 0 Å². The predicted molar refractivity (Wildman–Crippen MR) is 91.3 cm³/mol. The molecule has 0 spiro atoms. The van der Waals surface area contributed by atoms with Gasteiger partial charge in [0.2, 0.25) is 0 Å². The molecule has 0 heterocycles. The van der Waals surface area contributed by atoms with Crippen molar-refractivity contribution >= 4 is 17.0 Å². The number of halogens is 2. The van der Waals surface area contributed by atoms with Gasteiger partial charge in [0.05, 0.1) is 0 Å². The summed E-state index contributed by atoms with van der Waals surface area (Å²) in [4.78, 5) is 0. The van der Waals surface area contributed by atoms with Crippen molar-refractivity contribution in [2.24, 2.45) is 35.5 Å². The summed E-state index contributed by atoms with van der Waals surface area (Å²) < 4.78 is 0. The number of hydrogen-bond acceptors (Lipinski definition) is 0. The zero-order chi connectivity index (χ0) is 13.7. The first-order valence-corrected chi connectivity index (χ1v) is 13.8. The van der Waals surface area contributed by atoms with Gasteiger partial charge in [-0.1, -0.05) is 53.4 Å². The van der Waals surface area contributed by atoms with Crippen LogP contribution in [0.3, 0.4) is 0 Å². The maximum absolute atomic E-state index is 4.93.